The Morgan fingerprint density at radius 3 is 2.65 bits per heavy atom. The molecule has 1 heterocycles. The van der Waals surface area contributed by atoms with Gasteiger partial charge in [-0.15, -0.1) is 0 Å². The molecule has 3 unspecified atom stereocenters. The highest BCUT2D eigenvalue weighted by Crippen LogP contribution is 2.41. The smallest absolute Gasteiger partial charge is 0.0570 e. The van der Waals surface area contributed by atoms with Crippen LogP contribution < -0.4 is 5.32 Å². The van der Waals surface area contributed by atoms with Crippen molar-refractivity contribution in [1.29, 1.82) is 0 Å². The fraction of sp³-hybridized carbons (Fsp3) is 0.667. The molecule has 0 amide bonds. The zero-order valence-corrected chi connectivity index (χ0v) is 11.4. The molecule has 0 aromatic carbocycles. The monoisotopic (exact) mass is 232 g/mol. The summed E-state index contributed by atoms with van der Waals surface area (Å²) in [6.07, 6.45) is 4.46. The first-order chi connectivity index (χ1) is 7.98. The molecule has 1 aliphatic carbocycles. The van der Waals surface area contributed by atoms with Crippen LogP contribution in [0.2, 0.25) is 0 Å². The molecule has 1 fully saturated rings. The summed E-state index contributed by atoms with van der Waals surface area (Å²) in [6.45, 7) is 9.31. The standard InChI is InChI=1S/C15H24N2/c1-11-9-15(3,4)10-14(11)17-12(2)13-7-5-6-8-16-13/h5-8,11-12,14,17H,9-10H2,1-4H3. The molecular weight excluding hydrogens is 208 g/mol. The van der Waals surface area contributed by atoms with E-state index in [4.69, 9.17) is 0 Å². The normalized spacial score (nSPS) is 29.2. The van der Waals surface area contributed by atoms with Crippen LogP contribution in [0.4, 0.5) is 0 Å². The number of rotatable bonds is 3. The van der Waals surface area contributed by atoms with Crippen LogP contribution in [-0.4, -0.2) is 11.0 Å². The summed E-state index contributed by atoms with van der Waals surface area (Å²) < 4.78 is 0. The molecular formula is C15H24N2. The van der Waals surface area contributed by atoms with E-state index in [1.807, 2.05) is 12.3 Å². The number of aromatic nitrogens is 1. The Bertz CT molecular complexity index is 358. The van der Waals surface area contributed by atoms with Crippen molar-refractivity contribution in [3.63, 3.8) is 0 Å². The van der Waals surface area contributed by atoms with Crippen molar-refractivity contribution < 1.29 is 0 Å². The fourth-order valence-corrected chi connectivity index (χ4v) is 3.16. The van der Waals surface area contributed by atoms with Crippen molar-refractivity contribution >= 4 is 0 Å². The molecule has 1 saturated carbocycles. The molecule has 2 heteroatoms. The molecule has 1 aromatic heterocycles. The lowest BCUT2D eigenvalue weighted by Gasteiger charge is -2.23. The Morgan fingerprint density at radius 2 is 2.12 bits per heavy atom. The van der Waals surface area contributed by atoms with Gasteiger partial charge in [0.05, 0.1) is 5.69 Å². The number of nitrogens with one attached hydrogen (secondary N) is 1. The molecule has 2 nitrogen and oxygen atoms in total. The van der Waals surface area contributed by atoms with Crippen molar-refractivity contribution in [2.24, 2.45) is 11.3 Å². The molecule has 1 N–H and O–H groups in total. The molecule has 0 bridgehead atoms. The Hall–Kier alpha value is -0.890. The summed E-state index contributed by atoms with van der Waals surface area (Å²) in [6, 6.07) is 7.10. The zero-order valence-electron chi connectivity index (χ0n) is 11.4. The van der Waals surface area contributed by atoms with Crippen LogP contribution in [0.3, 0.4) is 0 Å². The van der Waals surface area contributed by atoms with Crippen molar-refractivity contribution in [1.82, 2.24) is 10.3 Å². The number of hydrogen-bond donors (Lipinski definition) is 1. The SMILES string of the molecule is CC(NC1CC(C)(C)CC1C)c1ccccn1. The molecule has 0 radical (unpaired) electrons. The van der Waals surface area contributed by atoms with Gasteiger partial charge >= 0.3 is 0 Å². The van der Waals surface area contributed by atoms with Crippen molar-refractivity contribution in [3.05, 3.63) is 30.1 Å². The van der Waals surface area contributed by atoms with E-state index < -0.39 is 0 Å². The third kappa shape index (κ3) is 3.06. The van der Waals surface area contributed by atoms with Gasteiger partial charge in [-0.1, -0.05) is 26.8 Å². The average Bonchev–Trinajstić information content (AvgIpc) is 2.53. The van der Waals surface area contributed by atoms with Gasteiger partial charge in [-0.2, -0.15) is 0 Å². The predicted octanol–water partition coefficient (Wildman–Crippen LogP) is 3.56. The van der Waals surface area contributed by atoms with E-state index in [0.29, 0.717) is 17.5 Å². The first kappa shape index (κ1) is 12.6. The molecule has 0 spiro atoms. The number of nitrogens with zero attached hydrogens (tertiary/aromatic N) is 1. The maximum Gasteiger partial charge on any atom is 0.0570 e. The molecule has 2 rings (SSSR count). The van der Waals surface area contributed by atoms with Gasteiger partial charge in [0.1, 0.15) is 0 Å². The zero-order chi connectivity index (χ0) is 12.5. The highest BCUT2D eigenvalue weighted by molar-refractivity contribution is 5.08. The van der Waals surface area contributed by atoms with Gasteiger partial charge < -0.3 is 5.32 Å². The second-order valence-corrected chi connectivity index (χ2v) is 6.30. The summed E-state index contributed by atoms with van der Waals surface area (Å²) in [5.74, 6) is 0.760. The van der Waals surface area contributed by atoms with Crippen LogP contribution >= 0.6 is 0 Å². The first-order valence-electron chi connectivity index (χ1n) is 6.65. The minimum absolute atomic E-state index is 0.345. The van der Waals surface area contributed by atoms with Crippen molar-refractivity contribution in [2.75, 3.05) is 0 Å². The molecule has 17 heavy (non-hydrogen) atoms. The maximum absolute atomic E-state index is 4.42. The minimum atomic E-state index is 0.345. The van der Waals surface area contributed by atoms with Crippen LogP contribution in [0.25, 0.3) is 0 Å². The third-order valence-electron chi connectivity index (χ3n) is 3.93. The molecule has 94 valence electrons. The summed E-state index contributed by atoms with van der Waals surface area (Å²) in [5, 5.41) is 3.74. The number of pyridine rings is 1. The maximum atomic E-state index is 4.42. The van der Waals surface area contributed by atoms with Gasteiger partial charge in [0.15, 0.2) is 0 Å². The summed E-state index contributed by atoms with van der Waals surface area (Å²) in [5.41, 5.74) is 1.63. The average molecular weight is 232 g/mol. The second kappa shape index (κ2) is 4.77. The first-order valence-corrected chi connectivity index (χ1v) is 6.65. The van der Waals surface area contributed by atoms with E-state index in [0.717, 1.165) is 11.6 Å². The quantitative estimate of drug-likeness (QED) is 0.862. The summed E-state index contributed by atoms with van der Waals surface area (Å²) in [7, 11) is 0. The van der Waals surface area contributed by atoms with Gasteiger partial charge in [-0.25, -0.2) is 0 Å². The van der Waals surface area contributed by atoms with E-state index in [-0.39, 0.29) is 0 Å². The molecule has 3 atom stereocenters. The molecule has 1 aromatic rings. The van der Waals surface area contributed by atoms with E-state index in [1.165, 1.54) is 12.8 Å². The van der Waals surface area contributed by atoms with Crippen LogP contribution in [0.5, 0.6) is 0 Å². The Labute approximate surface area is 105 Å². The van der Waals surface area contributed by atoms with Crippen molar-refractivity contribution in [2.45, 2.75) is 52.6 Å². The summed E-state index contributed by atoms with van der Waals surface area (Å²) in [4.78, 5) is 4.42. The number of hydrogen-bond acceptors (Lipinski definition) is 2. The van der Waals surface area contributed by atoms with E-state index >= 15 is 0 Å². The van der Waals surface area contributed by atoms with Crippen LogP contribution in [-0.2, 0) is 0 Å². The lowest BCUT2D eigenvalue weighted by Crippen LogP contribution is -2.34. The van der Waals surface area contributed by atoms with Gasteiger partial charge in [-0.05, 0) is 43.2 Å². The van der Waals surface area contributed by atoms with Crippen LogP contribution in [0.1, 0.15) is 52.3 Å². The van der Waals surface area contributed by atoms with Gasteiger partial charge in [0.25, 0.3) is 0 Å². The lowest BCUT2D eigenvalue weighted by atomic mass is 9.91. The van der Waals surface area contributed by atoms with Crippen LogP contribution in [0.15, 0.2) is 24.4 Å². The predicted molar refractivity (Wildman–Crippen MR) is 71.8 cm³/mol. The second-order valence-electron chi connectivity index (χ2n) is 6.30. The van der Waals surface area contributed by atoms with E-state index in [9.17, 15) is 0 Å². The Balaban J connectivity index is 1.98. The highest BCUT2D eigenvalue weighted by Gasteiger charge is 2.37. The summed E-state index contributed by atoms with van der Waals surface area (Å²) >= 11 is 0. The third-order valence-corrected chi connectivity index (χ3v) is 3.93. The topological polar surface area (TPSA) is 24.9 Å². The highest BCUT2D eigenvalue weighted by atomic mass is 15.0. The van der Waals surface area contributed by atoms with Crippen LogP contribution in [0, 0.1) is 11.3 Å². The molecule has 1 aliphatic rings. The Kier molecular flexibility index (Phi) is 3.53. The van der Waals surface area contributed by atoms with E-state index in [1.54, 1.807) is 0 Å². The van der Waals surface area contributed by atoms with Crippen molar-refractivity contribution in [3.8, 4) is 0 Å². The lowest BCUT2D eigenvalue weighted by molar-refractivity contribution is 0.355. The van der Waals surface area contributed by atoms with Gasteiger partial charge in [-0.3, -0.25) is 4.98 Å². The molecule has 0 aliphatic heterocycles. The Morgan fingerprint density at radius 1 is 1.35 bits per heavy atom. The minimum Gasteiger partial charge on any atom is -0.306 e. The largest absolute Gasteiger partial charge is 0.306 e. The fourth-order valence-electron chi connectivity index (χ4n) is 3.16. The van der Waals surface area contributed by atoms with Gasteiger partial charge in [0, 0.05) is 18.3 Å². The molecule has 0 saturated heterocycles. The van der Waals surface area contributed by atoms with E-state index in [2.05, 4.69) is 50.1 Å². The van der Waals surface area contributed by atoms with Gasteiger partial charge in [0.2, 0.25) is 0 Å².